The number of carbonyl (C=O) groups excluding carboxylic acids is 1. The van der Waals surface area contributed by atoms with Crippen molar-refractivity contribution in [3.8, 4) is 0 Å². The number of carbonyl (C=O) groups is 1. The summed E-state index contributed by atoms with van der Waals surface area (Å²) in [6, 6.07) is 7.31. The molecule has 25 heavy (non-hydrogen) atoms. The maximum atomic E-state index is 12.5. The zero-order valence-corrected chi connectivity index (χ0v) is 14.9. The average molecular weight is 364 g/mol. The second-order valence-electron chi connectivity index (χ2n) is 6.20. The number of likely N-dealkylation sites (tertiary alicyclic amines) is 1. The van der Waals surface area contributed by atoms with Gasteiger partial charge in [-0.15, -0.1) is 0 Å². The number of aromatic amines is 1. The van der Waals surface area contributed by atoms with Gasteiger partial charge in [-0.1, -0.05) is 23.7 Å². The Morgan fingerprint density at radius 1 is 1.40 bits per heavy atom. The lowest BCUT2D eigenvalue weighted by Gasteiger charge is -2.32. The molecule has 1 saturated heterocycles. The number of aromatic nitrogens is 3. The Labute approximate surface area is 151 Å². The second kappa shape index (κ2) is 7.74. The van der Waals surface area contributed by atoms with E-state index >= 15 is 0 Å². The summed E-state index contributed by atoms with van der Waals surface area (Å²) < 4.78 is 1.64. The van der Waals surface area contributed by atoms with Gasteiger partial charge in [-0.3, -0.25) is 4.57 Å². The summed E-state index contributed by atoms with van der Waals surface area (Å²) in [4.78, 5) is 26.0. The van der Waals surface area contributed by atoms with Crippen molar-refractivity contribution in [2.24, 2.45) is 0 Å². The molecule has 0 bridgehead atoms. The molecule has 1 fully saturated rings. The molecule has 0 unspecified atom stereocenters. The van der Waals surface area contributed by atoms with E-state index in [-0.39, 0.29) is 17.6 Å². The van der Waals surface area contributed by atoms with Gasteiger partial charge in [0.2, 0.25) is 0 Å². The van der Waals surface area contributed by atoms with Gasteiger partial charge < -0.3 is 10.2 Å². The smallest absolute Gasteiger partial charge is 0.334 e. The Morgan fingerprint density at radius 3 is 2.88 bits per heavy atom. The predicted molar refractivity (Wildman–Crippen MR) is 95.8 cm³/mol. The predicted octanol–water partition coefficient (Wildman–Crippen LogP) is 2.33. The van der Waals surface area contributed by atoms with Crippen molar-refractivity contribution in [3.63, 3.8) is 0 Å². The van der Waals surface area contributed by atoms with Crippen LogP contribution in [0, 0.1) is 0 Å². The zero-order chi connectivity index (χ0) is 17.8. The minimum atomic E-state index is -0.193. The molecule has 0 aliphatic carbocycles. The Bertz CT molecular complexity index is 783. The lowest BCUT2D eigenvalue weighted by Crippen LogP contribution is -2.45. The average Bonchev–Trinajstić information content (AvgIpc) is 3.01. The third kappa shape index (κ3) is 4.04. The molecular formula is C17H22ClN5O2. The fraction of sp³-hybridized carbons (Fsp3) is 0.471. The van der Waals surface area contributed by atoms with E-state index in [0.29, 0.717) is 31.2 Å². The maximum absolute atomic E-state index is 12.5. The number of amides is 2. The number of benzene rings is 1. The number of urea groups is 1. The summed E-state index contributed by atoms with van der Waals surface area (Å²) in [5, 5.41) is 10.3. The molecule has 8 heteroatoms. The number of hydrogen-bond donors (Lipinski definition) is 2. The van der Waals surface area contributed by atoms with Crippen LogP contribution in [0.1, 0.15) is 37.1 Å². The number of nitrogens with zero attached hydrogens (tertiary/aromatic N) is 3. The molecule has 2 heterocycles. The molecule has 2 amide bonds. The van der Waals surface area contributed by atoms with Gasteiger partial charge in [-0.25, -0.2) is 14.7 Å². The highest BCUT2D eigenvalue weighted by Crippen LogP contribution is 2.24. The van der Waals surface area contributed by atoms with Crippen LogP contribution in [-0.4, -0.2) is 38.8 Å². The molecule has 1 atom stereocenters. The van der Waals surface area contributed by atoms with Gasteiger partial charge in [-0.05, 0) is 37.5 Å². The van der Waals surface area contributed by atoms with Crippen molar-refractivity contribution in [3.05, 3.63) is 51.2 Å². The molecule has 0 radical (unpaired) electrons. The molecule has 3 rings (SSSR count). The SMILES string of the molecule is CCn1c([C@H]2CCCN(C(=O)NCc3ccc(Cl)cc3)C2)n[nH]c1=O. The standard InChI is InChI=1S/C17H22ClN5O2/c1-2-23-15(20-21-17(23)25)13-4-3-9-22(11-13)16(24)19-10-12-5-7-14(18)8-6-12/h5-8,13H,2-4,9-11H2,1H3,(H,19,24)(H,21,25)/t13-/m0/s1. The first-order chi connectivity index (χ1) is 12.1. The highest BCUT2D eigenvalue weighted by Gasteiger charge is 2.28. The van der Waals surface area contributed by atoms with Crippen LogP contribution in [0.2, 0.25) is 5.02 Å². The van der Waals surface area contributed by atoms with Gasteiger partial charge in [0.05, 0.1) is 0 Å². The van der Waals surface area contributed by atoms with Gasteiger partial charge in [0, 0.05) is 37.1 Å². The third-order valence-corrected chi connectivity index (χ3v) is 4.79. The number of hydrogen-bond acceptors (Lipinski definition) is 3. The Kier molecular flexibility index (Phi) is 5.43. The summed E-state index contributed by atoms with van der Waals surface area (Å²) in [6.45, 7) is 4.23. The highest BCUT2D eigenvalue weighted by atomic mass is 35.5. The van der Waals surface area contributed by atoms with Gasteiger partial charge in [0.25, 0.3) is 0 Å². The minimum Gasteiger partial charge on any atom is -0.334 e. The van der Waals surface area contributed by atoms with Crippen molar-refractivity contribution in [2.75, 3.05) is 13.1 Å². The Morgan fingerprint density at radius 2 is 2.16 bits per heavy atom. The lowest BCUT2D eigenvalue weighted by molar-refractivity contribution is 0.177. The molecule has 2 N–H and O–H groups in total. The van der Waals surface area contributed by atoms with E-state index in [1.54, 1.807) is 9.47 Å². The van der Waals surface area contributed by atoms with Crippen LogP contribution < -0.4 is 11.0 Å². The molecule has 2 aromatic rings. The fourth-order valence-corrected chi connectivity index (χ4v) is 3.34. The van der Waals surface area contributed by atoms with E-state index in [1.165, 1.54) is 0 Å². The highest BCUT2D eigenvalue weighted by molar-refractivity contribution is 6.30. The first-order valence-electron chi connectivity index (χ1n) is 8.50. The van der Waals surface area contributed by atoms with Gasteiger partial charge in [0.1, 0.15) is 5.82 Å². The van der Waals surface area contributed by atoms with E-state index in [9.17, 15) is 9.59 Å². The van der Waals surface area contributed by atoms with Crippen molar-refractivity contribution in [1.29, 1.82) is 0 Å². The third-order valence-electron chi connectivity index (χ3n) is 4.53. The van der Waals surface area contributed by atoms with Crippen molar-refractivity contribution in [2.45, 2.75) is 38.8 Å². The van der Waals surface area contributed by atoms with Gasteiger partial charge >= 0.3 is 11.7 Å². The quantitative estimate of drug-likeness (QED) is 0.874. The number of piperidine rings is 1. The molecule has 1 aliphatic rings. The first kappa shape index (κ1) is 17.5. The van der Waals surface area contributed by atoms with E-state index < -0.39 is 0 Å². The van der Waals surface area contributed by atoms with Crippen molar-refractivity contribution in [1.82, 2.24) is 25.0 Å². The van der Waals surface area contributed by atoms with Crippen LogP contribution in [0.4, 0.5) is 4.79 Å². The van der Waals surface area contributed by atoms with Crippen LogP contribution in [-0.2, 0) is 13.1 Å². The molecule has 0 saturated carbocycles. The number of rotatable bonds is 4. The van der Waals surface area contributed by atoms with Crippen LogP contribution >= 0.6 is 11.6 Å². The Hall–Kier alpha value is -2.28. The summed E-state index contributed by atoms with van der Waals surface area (Å²) in [5.41, 5.74) is 0.806. The molecule has 7 nitrogen and oxygen atoms in total. The number of nitrogens with one attached hydrogen (secondary N) is 2. The monoisotopic (exact) mass is 363 g/mol. The topological polar surface area (TPSA) is 83.0 Å². The normalized spacial score (nSPS) is 17.5. The van der Waals surface area contributed by atoms with Gasteiger partial charge in [-0.2, -0.15) is 5.10 Å². The van der Waals surface area contributed by atoms with Crippen LogP contribution in [0.25, 0.3) is 0 Å². The van der Waals surface area contributed by atoms with Crippen LogP contribution in [0.3, 0.4) is 0 Å². The fourth-order valence-electron chi connectivity index (χ4n) is 3.21. The van der Waals surface area contributed by atoms with E-state index in [2.05, 4.69) is 15.5 Å². The lowest BCUT2D eigenvalue weighted by atomic mass is 9.97. The summed E-state index contributed by atoms with van der Waals surface area (Å²) >= 11 is 5.87. The van der Waals surface area contributed by atoms with Crippen molar-refractivity contribution >= 4 is 17.6 Å². The second-order valence-corrected chi connectivity index (χ2v) is 6.64. The first-order valence-corrected chi connectivity index (χ1v) is 8.88. The summed E-state index contributed by atoms with van der Waals surface area (Å²) in [6.07, 6.45) is 1.81. The molecule has 134 valence electrons. The molecule has 1 aromatic heterocycles. The van der Waals surface area contributed by atoms with Crippen LogP contribution in [0.5, 0.6) is 0 Å². The molecule has 1 aliphatic heterocycles. The molecular weight excluding hydrogens is 342 g/mol. The summed E-state index contributed by atoms with van der Waals surface area (Å²) in [5.74, 6) is 0.816. The van der Waals surface area contributed by atoms with Gasteiger partial charge in [0.15, 0.2) is 0 Å². The largest absolute Gasteiger partial charge is 0.343 e. The number of halogens is 1. The summed E-state index contributed by atoms with van der Waals surface area (Å²) in [7, 11) is 0. The van der Waals surface area contributed by atoms with Crippen LogP contribution in [0.15, 0.2) is 29.1 Å². The minimum absolute atomic E-state index is 0.0777. The molecule has 1 aromatic carbocycles. The van der Waals surface area contributed by atoms with E-state index in [4.69, 9.17) is 11.6 Å². The number of H-pyrrole nitrogens is 1. The zero-order valence-electron chi connectivity index (χ0n) is 14.2. The van der Waals surface area contributed by atoms with E-state index in [1.807, 2.05) is 31.2 Å². The molecule has 0 spiro atoms. The Balaban J connectivity index is 1.61. The van der Waals surface area contributed by atoms with E-state index in [0.717, 1.165) is 24.2 Å². The van der Waals surface area contributed by atoms with Crippen molar-refractivity contribution < 1.29 is 4.79 Å². The maximum Gasteiger partial charge on any atom is 0.343 e.